The molecule has 0 spiro atoms. The molecule has 8 nitrogen and oxygen atoms in total. The number of nitrogens with one attached hydrogen (secondary N) is 2. The number of alkyl carbamates (subject to hydrolysis) is 1. The van der Waals surface area contributed by atoms with Gasteiger partial charge in [0.1, 0.15) is 5.60 Å². The van der Waals surface area contributed by atoms with E-state index in [2.05, 4.69) is 41.2 Å². The molecule has 0 radical (unpaired) electrons. The van der Waals surface area contributed by atoms with Crippen molar-refractivity contribution in [3.05, 3.63) is 0 Å². The van der Waals surface area contributed by atoms with E-state index in [1.807, 2.05) is 27.8 Å². The van der Waals surface area contributed by atoms with Crippen LogP contribution in [-0.2, 0) is 9.47 Å². The van der Waals surface area contributed by atoms with Crippen LogP contribution in [0.4, 0.5) is 4.79 Å². The summed E-state index contributed by atoms with van der Waals surface area (Å²) in [5, 5.41) is 6.38. The fourth-order valence-electron chi connectivity index (χ4n) is 3.06. The van der Waals surface area contributed by atoms with Crippen LogP contribution in [0.1, 0.15) is 48.0 Å². The lowest BCUT2D eigenvalue weighted by Crippen LogP contribution is -2.45. The summed E-state index contributed by atoms with van der Waals surface area (Å²) in [4.78, 5) is 21.4. The fourth-order valence-corrected chi connectivity index (χ4v) is 3.06. The Labute approximate surface area is 177 Å². The number of carbonyl (C=O) groups excluding carboxylic acids is 1. The molecule has 1 aliphatic heterocycles. The summed E-state index contributed by atoms with van der Waals surface area (Å²) in [7, 11) is 2.04. The maximum Gasteiger partial charge on any atom is 0.407 e. The summed E-state index contributed by atoms with van der Waals surface area (Å²) in [6.07, 6.45) is 0.464. The molecule has 29 heavy (non-hydrogen) atoms. The number of guanidine groups is 1. The molecule has 1 fully saturated rings. The van der Waals surface area contributed by atoms with Gasteiger partial charge in [0.25, 0.3) is 0 Å². The number of hydrogen-bond acceptors (Lipinski definition) is 5. The number of aliphatic imine (C=N–C) groups is 1. The first-order valence-electron chi connectivity index (χ1n) is 10.9. The van der Waals surface area contributed by atoms with Crippen LogP contribution in [0.3, 0.4) is 0 Å². The summed E-state index contributed by atoms with van der Waals surface area (Å²) in [5.74, 6) is 1.22. The quantitative estimate of drug-likeness (QED) is 0.445. The number of rotatable bonds is 9. The first-order valence-corrected chi connectivity index (χ1v) is 10.9. The van der Waals surface area contributed by atoms with Crippen LogP contribution in [0.2, 0.25) is 0 Å². The van der Waals surface area contributed by atoms with Gasteiger partial charge in [-0.25, -0.2) is 4.79 Å². The highest BCUT2D eigenvalue weighted by Gasteiger charge is 2.22. The predicted molar refractivity (Wildman–Crippen MR) is 118 cm³/mol. The normalized spacial score (nSPS) is 17.2. The standard InChI is InChI=1S/C21H43N5O3/c1-8-22-19(23-10-12-26-13-15-28-16-14-26)25(7)11-9-18(17(2)3)24-20(27)29-21(4,5)6/h17-18H,8-16H2,1-7H3,(H,22,23)(H,24,27). The second-order valence-corrected chi connectivity index (χ2v) is 8.90. The average Bonchev–Trinajstić information content (AvgIpc) is 2.63. The fraction of sp³-hybridized carbons (Fsp3) is 0.905. The molecule has 170 valence electrons. The second-order valence-electron chi connectivity index (χ2n) is 8.90. The third-order valence-electron chi connectivity index (χ3n) is 4.76. The molecule has 8 heteroatoms. The van der Waals surface area contributed by atoms with Crippen LogP contribution in [0, 0.1) is 5.92 Å². The van der Waals surface area contributed by atoms with E-state index in [9.17, 15) is 4.79 Å². The Morgan fingerprint density at radius 1 is 1.28 bits per heavy atom. The Hall–Kier alpha value is -1.54. The molecule has 0 bridgehead atoms. The molecule has 1 unspecified atom stereocenters. The van der Waals surface area contributed by atoms with Crippen molar-refractivity contribution in [2.45, 2.75) is 59.6 Å². The Kier molecular flexibility index (Phi) is 11.3. The van der Waals surface area contributed by atoms with Crippen LogP contribution < -0.4 is 10.6 Å². The Morgan fingerprint density at radius 2 is 1.93 bits per heavy atom. The van der Waals surface area contributed by atoms with E-state index in [0.717, 1.165) is 64.9 Å². The largest absolute Gasteiger partial charge is 0.444 e. The van der Waals surface area contributed by atoms with Gasteiger partial charge in [-0.05, 0) is 40.0 Å². The van der Waals surface area contributed by atoms with Crippen molar-refractivity contribution in [3.8, 4) is 0 Å². The van der Waals surface area contributed by atoms with Crippen molar-refractivity contribution in [1.29, 1.82) is 0 Å². The molecule has 1 atom stereocenters. The lowest BCUT2D eigenvalue weighted by Gasteiger charge is -2.29. The molecular formula is C21H43N5O3. The van der Waals surface area contributed by atoms with E-state index in [4.69, 9.17) is 14.5 Å². The van der Waals surface area contributed by atoms with Crippen molar-refractivity contribution in [2.24, 2.45) is 10.9 Å². The molecule has 1 aliphatic rings. The molecule has 0 aromatic heterocycles. The molecular weight excluding hydrogens is 370 g/mol. The highest BCUT2D eigenvalue weighted by atomic mass is 16.6. The van der Waals surface area contributed by atoms with E-state index in [-0.39, 0.29) is 12.1 Å². The van der Waals surface area contributed by atoms with Gasteiger partial charge in [-0.15, -0.1) is 0 Å². The van der Waals surface area contributed by atoms with Crippen LogP contribution in [0.5, 0.6) is 0 Å². The molecule has 1 heterocycles. The van der Waals surface area contributed by atoms with E-state index in [1.165, 1.54) is 0 Å². The number of ether oxygens (including phenoxy) is 2. The molecule has 0 saturated carbocycles. The Balaban J connectivity index is 2.54. The van der Waals surface area contributed by atoms with E-state index >= 15 is 0 Å². The second kappa shape index (κ2) is 12.9. The Morgan fingerprint density at radius 3 is 2.48 bits per heavy atom. The molecule has 1 amide bonds. The smallest absolute Gasteiger partial charge is 0.407 e. The molecule has 2 N–H and O–H groups in total. The molecule has 0 aromatic rings. The Bertz CT molecular complexity index is 499. The minimum Gasteiger partial charge on any atom is -0.444 e. The van der Waals surface area contributed by atoms with Gasteiger partial charge in [-0.3, -0.25) is 9.89 Å². The molecule has 0 aliphatic carbocycles. The van der Waals surface area contributed by atoms with Crippen molar-refractivity contribution in [1.82, 2.24) is 20.4 Å². The maximum atomic E-state index is 12.1. The van der Waals surface area contributed by atoms with E-state index in [1.54, 1.807) is 0 Å². The van der Waals surface area contributed by atoms with Gasteiger partial charge in [0.15, 0.2) is 5.96 Å². The molecule has 1 saturated heterocycles. The SMILES string of the molecule is CCNC(=NCCN1CCOCC1)N(C)CCC(NC(=O)OC(C)(C)C)C(C)C. The topological polar surface area (TPSA) is 78.4 Å². The van der Waals surface area contributed by atoms with Crippen LogP contribution in [0.15, 0.2) is 4.99 Å². The van der Waals surface area contributed by atoms with Gasteiger partial charge < -0.3 is 25.0 Å². The summed E-state index contributed by atoms with van der Waals surface area (Å²) in [6, 6.07) is 0.0449. The zero-order chi connectivity index (χ0) is 21.9. The highest BCUT2D eigenvalue weighted by Crippen LogP contribution is 2.11. The summed E-state index contributed by atoms with van der Waals surface area (Å²) in [6.45, 7) is 18.8. The number of morpholine rings is 1. The van der Waals surface area contributed by atoms with Gasteiger partial charge >= 0.3 is 6.09 Å². The average molecular weight is 414 g/mol. The third-order valence-corrected chi connectivity index (χ3v) is 4.76. The van der Waals surface area contributed by atoms with E-state index < -0.39 is 5.60 Å². The minimum absolute atomic E-state index is 0.0449. The summed E-state index contributed by atoms with van der Waals surface area (Å²) >= 11 is 0. The zero-order valence-corrected chi connectivity index (χ0v) is 19.6. The predicted octanol–water partition coefficient (Wildman–Crippen LogP) is 2.16. The van der Waals surface area contributed by atoms with Crippen molar-refractivity contribution < 1.29 is 14.3 Å². The monoisotopic (exact) mass is 413 g/mol. The number of nitrogens with zero attached hydrogens (tertiary/aromatic N) is 3. The highest BCUT2D eigenvalue weighted by molar-refractivity contribution is 5.79. The van der Waals surface area contributed by atoms with Gasteiger partial charge in [-0.1, -0.05) is 13.8 Å². The van der Waals surface area contributed by atoms with Crippen LogP contribution >= 0.6 is 0 Å². The zero-order valence-electron chi connectivity index (χ0n) is 19.6. The number of carbonyl (C=O) groups is 1. The van der Waals surface area contributed by atoms with Gasteiger partial charge in [0.05, 0.1) is 19.8 Å². The van der Waals surface area contributed by atoms with Crippen molar-refractivity contribution in [3.63, 3.8) is 0 Å². The van der Waals surface area contributed by atoms with Crippen molar-refractivity contribution >= 4 is 12.1 Å². The van der Waals surface area contributed by atoms with Gasteiger partial charge in [0.2, 0.25) is 0 Å². The first kappa shape index (κ1) is 25.5. The number of amides is 1. The molecule has 1 rings (SSSR count). The minimum atomic E-state index is -0.492. The summed E-state index contributed by atoms with van der Waals surface area (Å²) in [5.41, 5.74) is -0.492. The maximum absolute atomic E-state index is 12.1. The van der Waals surface area contributed by atoms with Gasteiger partial charge in [-0.2, -0.15) is 0 Å². The third kappa shape index (κ3) is 11.3. The van der Waals surface area contributed by atoms with Crippen LogP contribution in [0.25, 0.3) is 0 Å². The first-order chi connectivity index (χ1) is 13.6. The van der Waals surface area contributed by atoms with Crippen LogP contribution in [-0.4, -0.2) is 93.0 Å². The van der Waals surface area contributed by atoms with Gasteiger partial charge in [0, 0.05) is 45.8 Å². The lowest BCUT2D eigenvalue weighted by molar-refractivity contribution is 0.0394. The molecule has 0 aromatic carbocycles. The lowest BCUT2D eigenvalue weighted by atomic mass is 10.0. The van der Waals surface area contributed by atoms with Crippen molar-refractivity contribution in [2.75, 3.05) is 59.5 Å². The van der Waals surface area contributed by atoms with E-state index in [0.29, 0.717) is 5.92 Å². The summed E-state index contributed by atoms with van der Waals surface area (Å²) < 4.78 is 10.8. The number of hydrogen-bond donors (Lipinski definition) is 2.